The van der Waals surface area contributed by atoms with Gasteiger partial charge in [0, 0.05) is 12.6 Å². The minimum atomic E-state index is -0.708. The van der Waals surface area contributed by atoms with Crippen LogP contribution in [-0.4, -0.2) is 33.6 Å². The number of nitrogens with two attached hydrogens (primary N) is 1. The van der Waals surface area contributed by atoms with Gasteiger partial charge in [-0.1, -0.05) is 30.3 Å². The summed E-state index contributed by atoms with van der Waals surface area (Å²) in [6, 6.07) is 9.53. The van der Waals surface area contributed by atoms with E-state index in [4.69, 9.17) is 10.5 Å². The Kier molecular flexibility index (Phi) is 5.15. The van der Waals surface area contributed by atoms with Crippen LogP contribution in [0.4, 0.5) is 0 Å². The number of hydrogen-bond donors (Lipinski definition) is 2. The summed E-state index contributed by atoms with van der Waals surface area (Å²) in [6.07, 6.45) is 3.36. The van der Waals surface area contributed by atoms with Crippen LogP contribution in [0, 0.1) is 0 Å². The first kappa shape index (κ1) is 14.6. The maximum atomic E-state index is 10.0. The molecule has 108 valence electrons. The summed E-state index contributed by atoms with van der Waals surface area (Å²) >= 11 is 0. The first-order valence-corrected chi connectivity index (χ1v) is 6.82. The Labute approximate surface area is 119 Å². The van der Waals surface area contributed by atoms with Crippen LogP contribution >= 0.6 is 0 Å². The average Bonchev–Trinajstić information content (AvgIpc) is 2.93. The van der Waals surface area contributed by atoms with Crippen molar-refractivity contribution in [3.8, 4) is 5.75 Å². The number of benzene rings is 1. The molecule has 0 aliphatic heterocycles. The van der Waals surface area contributed by atoms with E-state index < -0.39 is 6.10 Å². The van der Waals surface area contributed by atoms with Gasteiger partial charge in [-0.15, -0.1) is 0 Å². The number of nitrogens with zero attached hydrogens (tertiary/aromatic N) is 2. The van der Waals surface area contributed by atoms with Crippen LogP contribution < -0.4 is 10.5 Å². The summed E-state index contributed by atoms with van der Waals surface area (Å²) in [7, 11) is 0. The Bertz CT molecular complexity index is 513. The fourth-order valence-corrected chi connectivity index (χ4v) is 1.92. The molecule has 0 amide bonds. The van der Waals surface area contributed by atoms with Gasteiger partial charge in [0.2, 0.25) is 0 Å². The van der Waals surface area contributed by atoms with Crippen LogP contribution in [0.2, 0.25) is 0 Å². The number of aliphatic hydroxyl groups excluding tert-OH is 1. The summed E-state index contributed by atoms with van der Waals surface area (Å²) in [4.78, 5) is 0. The van der Waals surface area contributed by atoms with Gasteiger partial charge >= 0.3 is 0 Å². The van der Waals surface area contributed by atoms with Crippen molar-refractivity contribution in [3.05, 3.63) is 48.3 Å². The Balaban J connectivity index is 1.80. The third-order valence-corrected chi connectivity index (χ3v) is 3.16. The highest BCUT2D eigenvalue weighted by atomic mass is 16.5. The standard InChI is InChI=1S/C15H21N3O2/c1-2-18-10-13(9-17-18)20-11-15(19)14(16)8-12-6-4-3-5-7-12/h3-7,9-10,14-15,19H,2,8,11,16H2,1H3. The van der Waals surface area contributed by atoms with E-state index >= 15 is 0 Å². The van der Waals surface area contributed by atoms with E-state index in [1.165, 1.54) is 0 Å². The largest absolute Gasteiger partial charge is 0.488 e. The van der Waals surface area contributed by atoms with E-state index in [-0.39, 0.29) is 12.6 Å². The molecule has 0 spiro atoms. The summed E-state index contributed by atoms with van der Waals surface area (Å²) in [5, 5.41) is 14.1. The van der Waals surface area contributed by atoms with Crippen molar-refractivity contribution in [2.24, 2.45) is 5.73 Å². The highest BCUT2D eigenvalue weighted by Gasteiger charge is 2.16. The van der Waals surface area contributed by atoms with Gasteiger partial charge in [-0.3, -0.25) is 4.68 Å². The summed E-state index contributed by atoms with van der Waals surface area (Å²) < 4.78 is 7.27. The van der Waals surface area contributed by atoms with Crippen molar-refractivity contribution < 1.29 is 9.84 Å². The van der Waals surface area contributed by atoms with Crippen LogP contribution in [-0.2, 0) is 13.0 Å². The number of aromatic nitrogens is 2. The normalized spacial score (nSPS) is 13.9. The zero-order valence-corrected chi connectivity index (χ0v) is 11.6. The molecule has 5 heteroatoms. The van der Waals surface area contributed by atoms with Gasteiger partial charge in [-0.25, -0.2) is 0 Å². The van der Waals surface area contributed by atoms with E-state index in [9.17, 15) is 5.11 Å². The van der Waals surface area contributed by atoms with Crippen molar-refractivity contribution in [2.75, 3.05) is 6.61 Å². The molecule has 20 heavy (non-hydrogen) atoms. The van der Waals surface area contributed by atoms with Gasteiger partial charge in [0.15, 0.2) is 5.75 Å². The summed E-state index contributed by atoms with van der Waals surface area (Å²) in [5.41, 5.74) is 7.10. The monoisotopic (exact) mass is 275 g/mol. The molecule has 2 rings (SSSR count). The quantitative estimate of drug-likeness (QED) is 0.796. The fourth-order valence-electron chi connectivity index (χ4n) is 1.92. The zero-order chi connectivity index (χ0) is 14.4. The maximum Gasteiger partial charge on any atom is 0.157 e. The predicted octanol–water partition coefficient (Wildman–Crippen LogP) is 1.21. The van der Waals surface area contributed by atoms with Crippen LogP contribution in [0.3, 0.4) is 0 Å². The smallest absolute Gasteiger partial charge is 0.157 e. The lowest BCUT2D eigenvalue weighted by Gasteiger charge is -2.18. The predicted molar refractivity (Wildman–Crippen MR) is 77.5 cm³/mol. The second-order valence-electron chi connectivity index (χ2n) is 4.76. The molecule has 1 heterocycles. The van der Waals surface area contributed by atoms with Crippen LogP contribution in [0.25, 0.3) is 0 Å². The zero-order valence-electron chi connectivity index (χ0n) is 11.6. The van der Waals surface area contributed by atoms with Crippen LogP contribution in [0.1, 0.15) is 12.5 Å². The molecule has 0 fully saturated rings. The molecule has 1 aromatic carbocycles. The number of aryl methyl sites for hydroxylation is 1. The molecule has 0 radical (unpaired) electrons. The second-order valence-corrected chi connectivity index (χ2v) is 4.76. The van der Waals surface area contributed by atoms with Crippen LogP contribution in [0.5, 0.6) is 5.75 Å². The second kappa shape index (κ2) is 7.07. The minimum absolute atomic E-state index is 0.170. The number of ether oxygens (including phenoxy) is 1. The number of hydrogen-bond acceptors (Lipinski definition) is 4. The SMILES string of the molecule is CCn1cc(OCC(O)C(N)Cc2ccccc2)cn1. The van der Waals surface area contributed by atoms with E-state index in [2.05, 4.69) is 5.10 Å². The molecule has 0 bridgehead atoms. The Morgan fingerprint density at radius 3 is 2.75 bits per heavy atom. The summed E-state index contributed by atoms with van der Waals surface area (Å²) in [6.45, 7) is 2.96. The first-order chi connectivity index (χ1) is 9.69. The fraction of sp³-hybridized carbons (Fsp3) is 0.400. The van der Waals surface area contributed by atoms with Crippen molar-refractivity contribution in [2.45, 2.75) is 32.0 Å². The number of rotatable bonds is 7. The molecular weight excluding hydrogens is 254 g/mol. The average molecular weight is 275 g/mol. The van der Waals surface area contributed by atoms with E-state index in [0.717, 1.165) is 12.1 Å². The summed E-state index contributed by atoms with van der Waals surface area (Å²) in [5.74, 6) is 0.651. The van der Waals surface area contributed by atoms with Crippen molar-refractivity contribution in [3.63, 3.8) is 0 Å². The third-order valence-electron chi connectivity index (χ3n) is 3.16. The van der Waals surface area contributed by atoms with Gasteiger partial charge in [-0.2, -0.15) is 5.10 Å². The molecule has 2 atom stereocenters. The third kappa shape index (κ3) is 4.08. The van der Waals surface area contributed by atoms with Gasteiger partial charge in [-0.05, 0) is 18.9 Å². The molecule has 2 aromatic rings. The molecule has 0 saturated heterocycles. The lowest BCUT2D eigenvalue weighted by atomic mass is 10.0. The molecular formula is C15H21N3O2. The Morgan fingerprint density at radius 1 is 1.35 bits per heavy atom. The van der Waals surface area contributed by atoms with E-state index in [1.54, 1.807) is 17.1 Å². The molecule has 3 N–H and O–H groups in total. The Morgan fingerprint density at radius 2 is 2.10 bits per heavy atom. The van der Waals surface area contributed by atoms with Gasteiger partial charge in [0.05, 0.1) is 12.4 Å². The van der Waals surface area contributed by atoms with Crippen LogP contribution in [0.15, 0.2) is 42.7 Å². The molecule has 2 unspecified atom stereocenters. The molecule has 1 aromatic heterocycles. The molecule has 0 aliphatic rings. The lowest BCUT2D eigenvalue weighted by Crippen LogP contribution is -2.40. The minimum Gasteiger partial charge on any atom is -0.488 e. The highest BCUT2D eigenvalue weighted by Crippen LogP contribution is 2.10. The van der Waals surface area contributed by atoms with Gasteiger partial charge < -0.3 is 15.6 Å². The highest BCUT2D eigenvalue weighted by molar-refractivity contribution is 5.16. The molecule has 0 aliphatic carbocycles. The van der Waals surface area contributed by atoms with E-state index in [0.29, 0.717) is 12.2 Å². The van der Waals surface area contributed by atoms with Crippen molar-refractivity contribution in [1.82, 2.24) is 9.78 Å². The van der Waals surface area contributed by atoms with E-state index in [1.807, 2.05) is 37.3 Å². The number of aliphatic hydroxyl groups is 1. The maximum absolute atomic E-state index is 10.0. The lowest BCUT2D eigenvalue weighted by molar-refractivity contribution is 0.0851. The molecule has 0 saturated carbocycles. The molecule has 5 nitrogen and oxygen atoms in total. The van der Waals surface area contributed by atoms with Gasteiger partial charge in [0.25, 0.3) is 0 Å². The first-order valence-electron chi connectivity index (χ1n) is 6.82. The Hall–Kier alpha value is -1.85. The van der Waals surface area contributed by atoms with Gasteiger partial charge in [0.1, 0.15) is 12.7 Å². The van der Waals surface area contributed by atoms with Crippen molar-refractivity contribution >= 4 is 0 Å². The topological polar surface area (TPSA) is 73.3 Å². The van der Waals surface area contributed by atoms with Crippen molar-refractivity contribution in [1.29, 1.82) is 0 Å².